The van der Waals surface area contributed by atoms with Gasteiger partial charge in [0.2, 0.25) is 5.36 Å². The van der Waals surface area contributed by atoms with Crippen molar-refractivity contribution < 1.29 is 9.41 Å². The molecule has 0 atom stereocenters. The number of aryl methyl sites for hydroxylation is 2. The highest BCUT2D eigenvalue weighted by atomic mass is 16.3. The summed E-state index contributed by atoms with van der Waals surface area (Å²) in [5.41, 5.74) is 14.7. The van der Waals surface area contributed by atoms with Gasteiger partial charge in [-0.1, -0.05) is 18.2 Å². The molecule has 2 aliphatic rings. The molecule has 0 saturated heterocycles. The van der Waals surface area contributed by atoms with Crippen molar-refractivity contribution in [1.29, 1.82) is 0 Å². The second-order valence-corrected chi connectivity index (χ2v) is 7.45. The van der Waals surface area contributed by atoms with Crippen LogP contribution >= 0.6 is 0 Å². The third-order valence-electron chi connectivity index (χ3n) is 5.38. The normalized spacial score (nSPS) is 12.1. The first kappa shape index (κ1) is 19.1. The summed E-state index contributed by atoms with van der Waals surface area (Å²) in [6, 6.07) is 16.7. The lowest BCUT2D eigenvalue weighted by Crippen LogP contribution is -2.76. The van der Waals surface area contributed by atoms with Crippen molar-refractivity contribution in [3.63, 3.8) is 0 Å². The van der Waals surface area contributed by atoms with Gasteiger partial charge in [-0.25, -0.2) is 4.99 Å². The van der Waals surface area contributed by atoms with E-state index in [9.17, 15) is 0 Å². The second-order valence-electron chi connectivity index (χ2n) is 7.45. The summed E-state index contributed by atoms with van der Waals surface area (Å²) in [6.07, 6.45) is 0. The van der Waals surface area contributed by atoms with E-state index in [2.05, 4.69) is 68.3 Å². The Kier molecular flexibility index (Phi) is 5.01. The van der Waals surface area contributed by atoms with E-state index in [1.807, 2.05) is 18.2 Å². The van der Waals surface area contributed by atoms with Crippen LogP contribution in [-0.2, 0) is 0 Å². The largest absolute Gasteiger partial charge is 0.456 e. The number of hydrogen-bond donors (Lipinski definition) is 3. The summed E-state index contributed by atoms with van der Waals surface area (Å²) in [6.45, 7) is 10.2. The highest BCUT2D eigenvalue weighted by Crippen LogP contribution is 2.43. The van der Waals surface area contributed by atoms with Gasteiger partial charge in [0, 0.05) is 51.6 Å². The summed E-state index contributed by atoms with van der Waals surface area (Å²) < 4.78 is 6.41. The molecule has 0 spiro atoms. The fourth-order valence-electron chi connectivity index (χ4n) is 3.98. The van der Waals surface area contributed by atoms with Crippen LogP contribution in [0.3, 0.4) is 0 Å². The Morgan fingerprint density at radius 1 is 0.966 bits per heavy atom. The lowest BCUT2D eigenvalue weighted by Gasteiger charge is -2.18. The SMILES string of the molecule is CCNc1cc2oc3cc(=[NH+]CC)c(C)cc-3c(-c3ccccc3N)c2cc1C. The Morgan fingerprint density at radius 2 is 1.76 bits per heavy atom. The highest BCUT2D eigenvalue weighted by molar-refractivity contribution is 6.05. The van der Waals surface area contributed by atoms with Crippen molar-refractivity contribution >= 4 is 22.3 Å². The van der Waals surface area contributed by atoms with Gasteiger partial charge in [0.15, 0.2) is 0 Å². The molecule has 4 rings (SSSR count). The van der Waals surface area contributed by atoms with Crippen molar-refractivity contribution in [2.45, 2.75) is 27.7 Å². The van der Waals surface area contributed by atoms with E-state index in [1.54, 1.807) is 0 Å². The Labute approximate surface area is 171 Å². The topological polar surface area (TPSA) is 65.2 Å². The van der Waals surface area contributed by atoms with E-state index in [0.717, 1.165) is 63.2 Å². The molecule has 1 heterocycles. The third kappa shape index (κ3) is 3.35. The molecule has 0 bridgehead atoms. The smallest absolute Gasteiger partial charge is 0.204 e. The zero-order chi connectivity index (χ0) is 20.5. The molecule has 1 aliphatic carbocycles. The van der Waals surface area contributed by atoms with E-state index in [0.29, 0.717) is 0 Å². The van der Waals surface area contributed by atoms with Crippen LogP contribution in [0.5, 0.6) is 0 Å². The summed E-state index contributed by atoms with van der Waals surface area (Å²) in [4.78, 5) is 3.43. The molecule has 4 heteroatoms. The predicted molar refractivity (Wildman–Crippen MR) is 121 cm³/mol. The molecule has 0 unspecified atom stereocenters. The van der Waals surface area contributed by atoms with Crippen LogP contribution in [0.4, 0.5) is 11.4 Å². The predicted octanol–water partition coefficient (Wildman–Crippen LogP) is 3.84. The fourth-order valence-corrected chi connectivity index (χ4v) is 3.98. The van der Waals surface area contributed by atoms with Crippen LogP contribution < -0.4 is 21.4 Å². The lowest BCUT2D eigenvalue weighted by atomic mass is 9.91. The van der Waals surface area contributed by atoms with Crippen LogP contribution in [0.2, 0.25) is 0 Å². The third-order valence-corrected chi connectivity index (χ3v) is 5.38. The molecule has 4 N–H and O–H groups in total. The minimum atomic E-state index is 0.767. The van der Waals surface area contributed by atoms with E-state index in [4.69, 9.17) is 10.2 Å². The van der Waals surface area contributed by atoms with Crippen LogP contribution in [0.15, 0.2) is 52.9 Å². The van der Waals surface area contributed by atoms with Crippen molar-refractivity contribution in [3.05, 3.63) is 65.0 Å². The zero-order valence-corrected chi connectivity index (χ0v) is 17.5. The molecule has 0 aromatic heterocycles. The molecule has 148 valence electrons. The highest BCUT2D eigenvalue weighted by Gasteiger charge is 2.21. The van der Waals surface area contributed by atoms with Crippen molar-refractivity contribution in [2.75, 3.05) is 24.1 Å². The standard InChI is InChI=1S/C25H27N3O/c1-5-27-21-13-23-18(11-15(21)3)25(17-9-7-8-10-20(17)26)19-12-16(4)22(28-6-2)14-24(19)29-23/h7-14,27H,5-6,26H2,1-4H3/p+1. The van der Waals surface area contributed by atoms with Gasteiger partial charge in [-0.2, -0.15) is 0 Å². The molecule has 0 radical (unpaired) electrons. The summed E-state index contributed by atoms with van der Waals surface area (Å²) in [5, 5.41) is 5.60. The Hall–Kier alpha value is -3.27. The van der Waals surface area contributed by atoms with Crippen molar-refractivity contribution in [3.8, 4) is 22.5 Å². The monoisotopic (exact) mass is 386 g/mol. The van der Waals surface area contributed by atoms with Crippen LogP contribution in [0.25, 0.3) is 33.4 Å². The molecular weight excluding hydrogens is 358 g/mol. The molecule has 2 aromatic carbocycles. The van der Waals surface area contributed by atoms with Gasteiger partial charge in [0.05, 0.1) is 6.07 Å². The summed E-state index contributed by atoms with van der Waals surface area (Å²) in [5.74, 6) is 0.851. The second kappa shape index (κ2) is 7.63. The minimum Gasteiger partial charge on any atom is -0.456 e. The van der Waals surface area contributed by atoms with Gasteiger partial charge < -0.3 is 15.5 Å². The first-order chi connectivity index (χ1) is 14.0. The average molecular weight is 387 g/mol. The van der Waals surface area contributed by atoms with Crippen LogP contribution in [0, 0.1) is 13.8 Å². The Balaban J connectivity index is 2.18. The van der Waals surface area contributed by atoms with Gasteiger partial charge >= 0.3 is 0 Å². The first-order valence-electron chi connectivity index (χ1n) is 10.2. The van der Waals surface area contributed by atoms with E-state index < -0.39 is 0 Å². The number of para-hydroxylation sites is 1. The molecule has 0 fully saturated rings. The molecule has 0 saturated carbocycles. The number of hydrogen-bond acceptors (Lipinski definition) is 3. The number of anilines is 2. The van der Waals surface area contributed by atoms with E-state index in [-0.39, 0.29) is 0 Å². The van der Waals surface area contributed by atoms with Crippen LogP contribution in [0.1, 0.15) is 25.0 Å². The molecular formula is C25H28N3O+. The maximum atomic E-state index is 6.41. The average Bonchev–Trinajstić information content (AvgIpc) is 2.69. The maximum Gasteiger partial charge on any atom is 0.204 e. The molecule has 1 aliphatic heterocycles. The van der Waals surface area contributed by atoms with Crippen LogP contribution in [-0.4, -0.2) is 13.1 Å². The van der Waals surface area contributed by atoms with E-state index in [1.165, 1.54) is 11.1 Å². The quantitative estimate of drug-likeness (QED) is 0.369. The van der Waals surface area contributed by atoms with Gasteiger partial charge in [-0.3, -0.25) is 0 Å². The number of nitrogens with two attached hydrogens (primary N) is 1. The zero-order valence-electron chi connectivity index (χ0n) is 17.5. The molecule has 0 amide bonds. The van der Waals surface area contributed by atoms with Crippen molar-refractivity contribution in [2.24, 2.45) is 0 Å². The van der Waals surface area contributed by atoms with Gasteiger partial charge in [-0.15, -0.1) is 0 Å². The minimum absolute atomic E-state index is 0.767. The first-order valence-corrected chi connectivity index (χ1v) is 10.2. The molecule has 29 heavy (non-hydrogen) atoms. The van der Waals surface area contributed by atoms with Crippen molar-refractivity contribution in [1.82, 2.24) is 0 Å². The summed E-state index contributed by atoms with van der Waals surface area (Å²) in [7, 11) is 0. The van der Waals surface area contributed by atoms with E-state index >= 15 is 0 Å². The number of rotatable bonds is 4. The van der Waals surface area contributed by atoms with Gasteiger partial charge in [-0.05, 0) is 51.5 Å². The fraction of sp³-hybridized carbons (Fsp3) is 0.240. The van der Waals surface area contributed by atoms with Gasteiger partial charge in [0.1, 0.15) is 17.9 Å². The molecule has 2 aromatic rings. The number of nitrogen functional groups attached to an aromatic ring is 1. The lowest BCUT2D eigenvalue weighted by molar-refractivity contribution is -0.496. The Bertz CT molecular complexity index is 1240. The summed E-state index contributed by atoms with van der Waals surface area (Å²) >= 11 is 0. The number of nitrogens with one attached hydrogen (secondary N) is 2. The number of fused-ring (bicyclic) bond motifs is 2. The molecule has 4 nitrogen and oxygen atoms in total. The van der Waals surface area contributed by atoms with Gasteiger partial charge in [0.25, 0.3) is 0 Å². The maximum absolute atomic E-state index is 6.41. The number of benzene rings is 3. The Morgan fingerprint density at radius 3 is 2.48 bits per heavy atom.